The number of hydrogen-bond donors (Lipinski definition) is 0. The van der Waals surface area contributed by atoms with Crippen molar-refractivity contribution >= 4 is 15.9 Å². The molecule has 72 valence electrons. The summed E-state index contributed by atoms with van der Waals surface area (Å²) in [6.45, 7) is 6.64. The summed E-state index contributed by atoms with van der Waals surface area (Å²) in [6.07, 6.45) is 1.31. The molecule has 1 saturated heterocycles. The van der Waals surface area contributed by atoms with E-state index in [2.05, 4.69) is 27.8 Å². The normalized spacial score (nSPS) is 32.2. The van der Waals surface area contributed by atoms with Crippen LogP contribution in [0.25, 0.3) is 0 Å². The van der Waals surface area contributed by atoms with Crippen molar-refractivity contribution in [3.8, 4) is 0 Å². The van der Waals surface area contributed by atoms with Gasteiger partial charge in [0.15, 0.2) is 0 Å². The lowest BCUT2D eigenvalue weighted by molar-refractivity contribution is 0.127. The Bertz CT molecular complexity index is 130. The highest BCUT2D eigenvalue weighted by molar-refractivity contribution is 9.09. The number of piperidine rings is 1. The lowest BCUT2D eigenvalue weighted by Crippen LogP contribution is -2.41. The van der Waals surface area contributed by atoms with Crippen molar-refractivity contribution in [1.29, 1.82) is 0 Å². The number of methoxy groups -OCH3 is 1. The fourth-order valence-corrected chi connectivity index (χ4v) is 2.18. The molecule has 2 atom stereocenters. The number of likely N-dealkylation sites (tertiary alicyclic amines) is 1. The van der Waals surface area contributed by atoms with Gasteiger partial charge in [-0.05, 0) is 18.9 Å². The molecule has 1 aliphatic rings. The van der Waals surface area contributed by atoms with Crippen LogP contribution >= 0.6 is 15.9 Å². The van der Waals surface area contributed by atoms with Gasteiger partial charge in [-0.25, -0.2) is 0 Å². The maximum absolute atomic E-state index is 5.05. The van der Waals surface area contributed by atoms with E-state index < -0.39 is 0 Å². The Labute approximate surface area is 83.4 Å². The molecule has 1 aliphatic heterocycles. The van der Waals surface area contributed by atoms with Crippen LogP contribution in [0.3, 0.4) is 0 Å². The number of halogens is 1. The van der Waals surface area contributed by atoms with E-state index in [-0.39, 0.29) is 0 Å². The second-order valence-corrected chi connectivity index (χ2v) is 4.75. The third-order valence-corrected chi connectivity index (χ3v) is 3.75. The number of nitrogens with zero attached hydrogens (tertiary/aromatic N) is 1. The van der Waals surface area contributed by atoms with E-state index in [0.717, 1.165) is 19.1 Å². The Morgan fingerprint density at radius 3 is 2.92 bits per heavy atom. The highest BCUT2D eigenvalue weighted by Crippen LogP contribution is 2.22. The fourth-order valence-electron chi connectivity index (χ4n) is 1.51. The topological polar surface area (TPSA) is 12.5 Å². The lowest BCUT2D eigenvalue weighted by atomic mass is 9.99. The maximum atomic E-state index is 5.05. The number of hydrogen-bond acceptors (Lipinski definition) is 2. The van der Waals surface area contributed by atoms with Crippen molar-refractivity contribution < 1.29 is 4.74 Å². The van der Waals surface area contributed by atoms with Crippen LogP contribution in [-0.2, 0) is 4.74 Å². The molecule has 12 heavy (non-hydrogen) atoms. The minimum absolute atomic E-state index is 0.670. The molecule has 0 saturated carbocycles. The monoisotopic (exact) mass is 235 g/mol. The van der Waals surface area contributed by atoms with Gasteiger partial charge < -0.3 is 4.74 Å². The molecular formula is C9H18BrNO. The predicted octanol–water partition coefficient (Wildman–Crippen LogP) is 1.74. The summed E-state index contributed by atoms with van der Waals surface area (Å²) in [5.74, 6) is 0.823. The summed E-state index contributed by atoms with van der Waals surface area (Å²) in [5, 5.41) is 0. The standard InChI is InChI=1S/C9H18BrNO/c1-8-3-4-11(5-6-12-2)7-9(8)10/h8-9H,3-7H2,1-2H3. The van der Waals surface area contributed by atoms with Gasteiger partial charge in [0, 0.05) is 25.0 Å². The summed E-state index contributed by atoms with van der Waals surface area (Å²) in [5.41, 5.74) is 0. The molecule has 0 aromatic carbocycles. The predicted molar refractivity (Wildman–Crippen MR) is 54.8 cm³/mol. The molecule has 0 bridgehead atoms. The molecule has 1 heterocycles. The third-order valence-electron chi connectivity index (χ3n) is 2.56. The Balaban J connectivity index is 2.21. The van der Waals surface area contributed by atoms with Crippen molar-refractivity contribution in [3.05, 3.63) is 0 Å². The minimum Gasteiger partial charge on any atom is -0.383 e. The maximum Gasteiger partial charge on any atom is 0.0589 e. The van der Waals surface area contributed by atoms with E-state index in [1.54, 1.807) is 7.11 Å². The molecule has 0 aliphatic carbocycles. The highest BCUT2D eigenvalue weighted by atomic mass is 79.9. The van der Waals surface area contributed by atoms with E-state index in [4.69, 9.17) is 4.74 Å². The lowest BCUT2D eigenvalue weighted by Gasteiger charge is -2.33. The fraction of sp³-hybridized carbons (Fsp3) is 1.00. The first-order chi connectivity index (χ1) is 5.74. The first kappa shape index (κ1) is 10.5. The summed E-state index contributed by atoms with van der Waals surface area (Å²) in [4.78, 5) is 3.13. The smallest absolute Gasteiger partial charge is 0.0589 e. The Kier molecular flexibility index (Phi) is 4.54. The molecule has 0 aromatic heterocycles. The first-order valence-corrected chi connectivity index (χ1v) is 5.51. The van der Waals surface area contributed by atoms with E-state index >= 15 is 0 Å². The molecule has 0 radical (unpaired) electrons. The van der Waals surface area contributed by atoms with Gasteiger partial charge in [-0.15, -0.1) is 0 Å². The van der Waals surface area contributed by atoms with Crippen LogP contribution in [-0.4, -0.2) is 43.1 Å². The molecule has 1 rings (SSSR count). The zero-order valence-electron chi connectivity index (χ0n) is 7.92. The van der Waals surface area contributed by atoms with Gasteiger partial charge in [0.25, 0.3) is 0 Å². The van der Waals surface area contributed by atoms with E-state index in [9.17, 15) is 0 Å². The zero-order chi connectivity index (χ0) is 8.97. The van der Waals surface area contributed by atoms with Crippen molar-refractivity contribution in [2.45, 2.75) is 18.2 Å². The van der Waals surface area contributed by atoms with E-state index in [1.807, 2.05) is 0 Å². The van der Waals surface area contributed by atoms with Gasteiger partial charge in [0.2, 0.25) is 0 Å². The van der Waals surface area contributed by atoms with Crippen molar-refractivity contribution in [3.63, 3.8) is 0 Å². The quantitative estimate of drug-likeness (QED) is 0.692. The Morgan fingerprint density at radius 2 is 2.33 bits per heavy atom. The summed E-state index contributed by atoms with van der Waals surface area (Å²) in [6, 6.07) is 0. The van der Waals surface area contributed by atoms with Crippen LogP contribution in [0.15, 0.2) is 0 Å². The molecule has 1 fully saturated rings. The van der Waals surface area contributed by atoms with Gasteiger partial charge >= 0.3 is 0 Å². The van der Waals surface area contributed by atoms with E-state index in [1.165, 1.54) is 19.5 Å². The highest BCUT2D eigenvalue weighted by Gasteiger charge is 2.23. The number of ether oxygens (including phenoxy) is 1. The van der Waals surface area contributed by atoms with E-state index in [0.29, 0.717) is 4.83 Å². The molecule has 0 aromatic rings. The average Bonchev–Trinajstić information content (AvgIpc) is 2.07. The molecule has 2 unspecified atom stereocenters. The van der Waals surface area contributed by atoms with Crippen LogP contribution in [0.2, 0.25) is 0 Å². The molecule has 0 N–H and O–H groups in total. The minimum atomic E-state index is 0.670. The second-order valence-electron chi connectivity index (χ2n) is 3.58. The van der Waals surface area contributed by atoms with Crippen LogP contribution in [0.5, 0.6) is 0 Å². The second kappa shape index (κ2) is 5.20. The Morgan fingerprint density at radius 1 is 1.58 bits per heavy atom. The van der Waals surface area contributed by atoms with Crippen LogP contribution in [0, 0.1) is 5.92 Å². The molecule has 3 heteroatoms. The number of alkyl halides is 1. The first-order valence-electron chi connectivity index (χ1n) is 4.59. The summed E-state index contributed by atoms with van der Waals surface area (Å²) >= 11 is 3.70. The van der Waals surface area contributed by atoms with Gasteiger partial charge in [-0.3, -0.25) is 4.90 Å². The van der Waals surface area contributed by atoms with Crippen molar-refractivity contribution in [1.82, 2.24) is 4.90 Å². The van der Waals surface area contributed by atoms with Crippen LogP contribution < -0.4 is 0 Å². The van der Waals surface area contributed by atoms with Crippen molar-refractivity contribution in [2.75, 3.05) is 33.4 Å². The van der Waals surface area contributed by atoms with Gasteiger partial charge in [0.1, 0.15) is 0 Å². The molecule has 0 amide bonds. The average molecular weight is 236 g/mol. The summed E-state index contributed by atoms with van der Waals surface area (Å²) in [7, 11) is 1.76. The van der Waals surface area contributed by atoms with Crippen LogP contribution in [0.1, 0.15) is 13.3 Å². The zero-order valence-corrected chi connectivity index (χ0v) is 9.51. The largest absolute Gasteiger partial charge is 0.383 e. The summed E-state index contributed by atoms with van der Waals surface area (Å²) < 4.78 is 5.05. The van der Waals surface area contributed by atoms with Gasteiger partial charge in [0.05, 0.1) is 6.61 Å². The van der Waals surface area contributed by atoms with Crippen LogP contribution in [0.4, 0.5) is 0 Å². The number of rotatable bonds is 3. The van der Waals surface area contributed by atoms with Gasteiger partial charge in [-0.1, -0.05) is 22.9 Å². The van der Waals surface area contributed by atoms with Gasteiger partial charge in [-0.2, -0.15) is 0 Å². The third kappa shape index (κ3) is 3.04. The Hall–Kier alpha value is 0.400. The SMILES string of the molecule is COCCN1CCC(C)C(Br)C1. The molecule has 2 nitrogen and oxygen atoms in total. The van der Waals surface area contributed by atoms with Crippen molar-refractivity contribution in [2.24, 2.45) is 5.92 Å². The molecular weight excluding hydrogens is 218 g/mol. The molecule has 0 spiro atoms.